The van der Waals surface area contributed by atoms with Crippen LogP contribution in [0.4, 0.5) is 10.7 Å². The van der Waals surface area contributed by atoms with Crippen LogP contribution in [-0.4, -0.2) is 10.8 Å². The Morgan fingerprint density at radius 3 is 2.78 bits per heavy atom. The predicted molar refractivity (Wildman–Crippen MR) is 89.1 cm³/mol. The number of carbonyl (C=O) groups excluding carboxylic acids is 1. The maximum atomic E-state index is 12.2. The Kier molecular flexibility index (Phi) is 4.88. The fraction of sp³-hybridized carbons (Fsp3) is 0.125. The van der Waals surface area contributed by atoms with Crippen molar-refractivity contribution in [2.45, 2.75) is 13.8 Å². The van der Waals surface area contributed by atoms with Gasteiger partial charge in [0.1, 0.15) is 11.6 Å². The van der Waals surface area contributed by atoms with Crippen LogP contribution in [0.5, 0.6) is 0 Å². The lowest BCUT2D eigenvalue weighted by Gasteiger charge is -2.09. The van der Waals surface area contributed by atoms with Gasteiger partial charge in [-0.1, -0.05) is 23.5 Å². The minimum absolute atomic E-state index is 0.0384. The van der Waals surface area contributed by atoms with Crippen molar-refractivity contribution in [3.05, 3.63) is 62.0 Å². The molecular formula is C16H13N3O3S. The molecule has 1 N–H and O–H groups in total. The van der Waals surface area contributed by atoms with Crippen LogP contribution >= 0.6 is 11.3 Å². The van der Waals surface area contributed by atoms with E-state index in [-0.39, 0.29) is 10.6 Å². The highest BCUT2D eigenvalue weighted by atomic mass is 32.1. The van der Waals surface area contributed by atoms with Crippen LogP contribution < -0.4 is 5.32 Å². The van der Waals surface area contributed by atoms with E-state index in [9.17, 15) is 14.9 Å². The van der Waals surface area contributed by atoms with Crippen LogP contribution in [-0.2, 0) is 4.79 Å². The number of benzene rings is 1. The van der Waals surface area contributed by atoms with E-state index in [1.54, 1.807) is 6.07 Å². The third-order valence-corrected chi connectivity index (χ3v) is 4.21. The van der Waals surface area contributed by atoms with Gasteiger partial charge in [-0.3, -0.25) is 14.9 Å². The summed E-state index contributed by atoms with van der Waals surface area (Å²) < 4.78 is 0. The summed E-state index contributed by atoms with van der Waals surface area (Å²) >= 11 is 0.945. The van der Waals surface area contributed by atoms with E-state index in [1.807, 2.05) is 32.0 Å². The number of nitriles is 1. The number of anilines is 1. The first-order valence-corrected chi connectivity index (χ1v) is 7.52. The second-order valence-corrected chi connectivity index (χ2v) is 5.74. The molecule has 0 radical (unpaired) electrons. The zero-order chi connectivity index (χ0) is 17.0. The third kappa shape index (κ3) is 3.81. The van der Waals surface area contributed by atoms with Crippen molar-refractivity contribution in [1.29, 1.82) is 5.26 Å². The monoisotopic (exact) mass is 327 g/mol. The van der Waals surface area contributed by atoms with E-state index in [2.05, 4.69) is 5.32 Å². The quantitative estimate of drug-likeness (QED) is 0.399. The smallest absolute Gasteiger partial charge is 0.321 e. The topological polar surface area (TPSA) is 96.0 Å². The molecule has 0 atom stereocenters. The van der Waals surface area contributed by atoms with E-state index in [0.29, 0.717) is 11.3 Å². The Bertz CT molecular complexity index is 846. The molecule has 23 heavy (non-hydrogen) atoms. The molecule has 0 aliphatic rings. The van der Waals surface area contributed by atoms with Crippen molar-refractivity contribution in [2.75, 3.05) is 5.32 Å². The lowest BCUT2D eigenvalue weighted by Crippen LogP contribution is -2.14. The van der Waals surface area contributed by atoms with E-state index in [0.717, 1.165) is 22.5 Å². The minimum Gasteiger partial charge on any atom is -0.321 e. The molecule has 0 aliphatic heterocycles. The van der Waals surface area contributed by atoms with Gasteiger partial charge in [-0.05, 0) is 42.7 Å². The maximum Gasteiger partial charge on any atom is 0.324 e. The summed E-state index contributed by atoms with van der Waals surface area (Å²) in [4.78, 5) is 22.4. The van der Waals surface area contributed by atoms with Crippen molar-refractivity contribution < 1.29 is 9.72 Å². The Labute approximate surface area is 136 Å². The number of aryl methyl sites for hydroxylation is 1. The van der Waals surface area contributed by atoms with Gasteiger partial charge >= 0.3 is 5.00 Å². The number of hydrogen-bond donors (Lipinski definition) is 1. The summed E-state index contributed by atoms with van der Waals surface area (Å²) in [6.45, 7) is 3.81. The van der Waals surface area contributed by atoms with Crippen molar-refractivity contribution in [3.8, 4) is 6.07 Å². The first-order valence-electron chi connectivity index (χ1n) is 6.64. The molecule has 116 valence electrons. The lowest BCUT2D eigenvalue weighted by atomic mass is 10.1. The normalized spacial score (nSPS) is 10.9. The number of hydrogen-bond acceptors (Lipinski definition) is 5. The minimum atomic E-state index is -0.546. The number of nitro groups is 1. The fourth-order valence-electron chi connectivity index (χ4n) is 1.90. The highest BCUT2D eigenvalue weighted by Gasteiger charge is 2.14. The molecule has 0 saturated heterocycles. The highest BCUT2D eigenvalue weighted by Crippen LogP contribution is 2.25. The molecule has 0 bridgehead atoms. The summed E-state index contributed by atoms with van der Waals surface area (Å²) in [6, 6.07) is 8.65. The molecule has 0 saturated carbocycles. The van der Waals surface area contributed by atoms with Gasteiger partial charge in [0.05, 0.1) is 4.92 Å². The molecule has 0 aliphatic carbocycles. The molecule has 1 aromatic carbocycles. The number of nitrogens with one attached hydrogen (secondary N) is 1. The van der Waals surface area contributed by atoms with Gasteiger partial charge in [0.15, 0.2) is 0 Å². The second kappa shape index (κ2) is 6.85. The number of amides is 1. The van der Waals surface area contributed by atoms with Crippen molar-refractivity contribution in [1.82, 2.24) is 0 Å². The second-order valence-electron chi connectivity index (χ2n) is 4.85. The first-order chi connectivity index (χ1) is 10.9. The van der Waals surface area contributed by atoms with Crippen molar-refractivity contribution >= 4 is 34.0 Å². The molecule has 0 spiro atoms. The zero-order valence-corrected chi connectivity index (χ0v) is 13.3. The van der Waals surface area contributed by atoms with Gasteiger partial charge in [0.25, 0.3) is 5.91 Å². The zero-order valence-electron chi connectivity index (χ0n) is 12.5. The summed E-state index contributed by atoms with van der Waals surface area (Å²) in [5.41, 5.74) is 2.92. The molecule has 6 nitrogen and oxygen atoms in total. The standard InChI is InChI=1S/C16H13N3O3S/c1-10-4-3-5-14(11(10)2)18-16(20)13(8-17)6-12-7-15(19(21)22)23-9-12/h3-7,9H,1-2H3,(H,18,20)/b13-6+. The van der Waals surface area contributed by atoms with Gasteiger partial charge in [-0.2, -0.15) is 5.26 Å². The Hall–Kier alpha value is -2.98. The van der Waals surface area contributed by atoms with Crippen LogP contribution in [0.15, 0.2) is 35.2 Å². The molecule has 1 amide bonds. The van der Waals surface area contributed by atoms with Gasteiger partial charge < -0.3 is 5.32 Å². The van der Waals surface area contributed by atoms with Crippen LogP contribution in [0.3, 0.4) is 0 Å². The number of rotatable bonds is 4. The van der Waals surface area contributed by atoms with Crippen molar-refractivity contribution in [3.63, 3.8) is 0 Å². The molecule has 1 heterocycles. The number of nitrogens with zero attached hydrogens (tertiary/aromatic N) is 2. The van der Waals surface area contributed by atoms with Crippen LogP contribution in [0.2, 0.25) is 0 Å². The lowest BCUT2D eigenvalue weighted by molar-refractivity contribution is -0.380. The molecule has 0 fully saturated rings. The predicted octanol–water partition coefficient (Wildman–Crippen LogP) is 3.82. The van der Waals surface area contributed by atoms with E-state index in [1.165, 1.54) is 17.5 Å². The molecule has 2 rings (SSSR count). The molecule has 2 aromatic rings. The summed E-state index contributed by atoms with van der Waals surface area (Å²) in [6.07, 6.45) is 1.34. The Balaban J connectivity index is 2.24. The average molecular weight is 327 g/mol. The average Bonchev–Trinajstić information content (AvgIpc) is 2.98. The molecule has 0 unspecified atom stereocenters. The third-order valence-electron chi connectivity index (χ3n) is 3.31. The molecule has 1 aromatic heterocycles. The van der Waals surface area contributed by atoms with Crippen LogP contribution in [0.1, 0.15) is 16.7 Å². The SMILES string of the molecule is Cc1cccc(NC(=O)/C(C#N)=C/c2csc([N+](=O)[O-])c2)c1C. The van der Waals surface area contributed by atoms with Crippen molar-refractivity contribution in [2.24, 2.45) is 0 Å². The summed E-state index contributed by atoms with van der Waals surface area (Å²) in [5, 5.41) is 24.0. The summed E-state index contributed by atoms with van der Waals surface area (Å²) in [7, 11) is 0. The number of thiophene rings is 1. The Morgan fingerprint density at radius 1 is 1.43 bits per heavy atom. The maximum absolute atomic E-state index is 12.2. The summed E-state index contributed by atoms with van der Waals surface area (Å²) in [5.74, 6) is -0.546. The van der Waals surface area contributed by atoms with Crippen LogP contribution in [0.25, 0.3) is 6.08 Å². The van der Waals surface area contributed by atoms with E-state index < -0.39 is 10.8 Å². The molecular weight excluding hydrogens is 314 g/mol. The van der Waals surface area contributed by atoms with Crippen LogP contribution in [0, 0.1) is 35.3 Å². The Morgan fingerprint density at radius 2 is 2.17 bits per heavy atom. The fourth-order valence-corrected chi connectivity index (χ4v) is 2.58. The van der Waals surface area contributed by atoms with Gasteiger partial charge in [-0.15, -0.1) is 0 Å². The molecule has 7 heteroatoms. The first kappa shape index (κ1) is 16.4. The van der Waals surface area contributed by atoms with Gasteiger partial charge in [0, 0.05) is 17.1 Å². The highest BCUT2D eigenvalue weighted by molar-refractivity contribution is 7.13. The van der Waals surface area contributed by atoms with E-state index in [4.69, 9.17) is 5.26 Å². The van der Waals surface area contributed by atoms with Gasteiger partial charge in [0.2, 0.25) is 0 Å². The largest absolute Gasteiger partial charge is 0.324 e. The van der Waals surface area contributed by atoms with Gasteiger partial charge in [-0.25, -0.2) is 0 Å². The van der Waals surface area contributed by atoms with E-state index >= 15 is 0 Å². The number of carbonyl (C=O) groups is 1.